The summed E-state index contributed by atoms with van der Waals surface area (Å²) in [5.74, 6) is -0.186. The first-order chi connectivity index (χ1) is 14.8. The number of carbonyl (C=O) groups is 1. The number of hydrogen-bond donors (Lipinski definition) is 0. The maximum Gasteiger partial charge on any atom is 0.234 e. The zero-order valence-corrected chi connectivity index (χ0v) is 18.3. The number of nitrogens with zero attached hydrogens (tertiary/aromatic N) is 4. The first-order valence-electron chi connectivity index (χ1n) is 9.82. The van der Waals surface area contributed by atoms with Crippen LogP contribution in [0.25, 0.3) is 16.9 Å². The minimum absolute atomic E-state index is 0.0131. The maximum atomic E-state index is 13.0. The normalized spacial score (nSPS) is 11.6. The molecule has 7 nitrogen and oxygen atoms in total. The van der Waals surface area contributed by atoms with E-state index in [1.165, 1.54) is 11.4 Å². The minimum atomic E-state index is -3.38. The molecule has 31 heavy (non-hydrogen) atoms. The van der Waals surface area contributed by atoms with Crippen molar-refractivity contribution in [3.8, 4) is 11.3 Å². The van der Waals surface area contributed by atoms with Gasteiger partial charge >= 0.3 is 0 Å². The van der Waals surface area contributed by atoms with Crippen LogP contribution >= 0.6 is 0 Å². The predicted octanol–water partition coefficient (Wildman–Crippen LogP) is 3.72. The quantitative estimate of drug-likeness (QED) is 0.432. The summed E-state index contributed by atoms with van der Waals surface area (Å²) in [6.07, 6.45) is 3.19. The van der Waals surface area contributed by atoms with Gasteiger partial charge in [-0.1, -0.05) is 42.0 Å². The molecule has 0 amide bonds. The van der Waals surface area contributed by atoms with Gasteiger partial charge in [-0.05, 0) is 32.0 Å². The molecule has 0 unspecified atom stereocenters. The Hall–Kier alpha value is -3.52. The molecule has 0 saturated carbocycles. The van der Waals surface area contributed by atoms with E-state index in [2.05, 4.69) is 9.97 Å². The van der Waals surface area contributed by atoms with Crippen LogP contribution in [-0.2, 0) is 10.0 Å². The summed E-state index contributed by atoms with van der Waals surface area (Å²) in [7, 11) is -1.84. The molecule has 2 aromatic carbocycles. The zero-order chi connectivity index (χ0) is 22.2. The number of aromatic nitrogens is 3. The molecular weight excluding hydrogens is 412 g/mol. The van der Waals surface area contributed by atoms with E-state index in [1.54, 1.807) is 54.2 Å². The molecule has 4 aromatic rings. The maximum absolute atomic E-state index is 13.0. The number of ketones is 1. The number of fused-ring (bicyclic) bond motifs is 1. The Bertz CT molecular complexity index is 1380. The van der Waals surface area contributed by atoms with Crippen LogP contribution in [-0.4, -0.2) is 41.4 Å². The Morgan fingerprint density at radius 3 is 2.52 bits per heavy atom. The highest BCUT2D eigenvalue weighted by molar-refractivity contribution is 7.92. The van der Waals surface area contributed by atoms with Gasteiger partial charge in [-0.2, -0.15) is 0 Å². The molecule has 2 heterocycles. The van der Waals surface area contributed by atoms with Crippen LogP contribution in [0.5, 0.6) is 0 Å². The number of hydrogen-bond acceptors (Lipinski definition) is 5. The summed E-state index contributed by atoms with van der Waals surface area (Å²) in [6.45, 7) is 3.57. The number of rotatable bonds is 6. The number of benzene rings is 2. The average molecular weight is 435 g/mol. The minimum Gasteiger partial charge on any atom is -0.287 e. The lowest BCUT2D eigenvalue weighted by atomic mass is 10.1. The Morgan fingerprint density at radius 1 is 1.06 bits per heavy atom. The van der Waals surface area contributed by atoms with Gasteiger partial charge in [-0.3, -0.25) is 13.5 Å². The number of imidazole rings is 1. The second-order valence-electron chi connectivity index (χ2n) is 7.23. The summed E-state index contributed by atoms with van der Waals surface area (Å²) in [4.78, 5) is 21.7. The molecule has 0 fully saturated rings. The molecule has 0 N–H and O–H groups in total. The highest BCUT2D eigenvalue weighted by Crippen LogP contribution is 2.27. The first-order valence-corrected chi connectivity index (χ1v) is 11.4. The summed E-state index contributed by atoms with van der Waals surface area (Å²) >= 11 is 0. The summed E-state index contributed by atoms with van der Waals surface area (Å²) < 4.78 is 27.5. The molecule has 2 aromatic heterocycles. The van der Waals surface area contributed by atoms with Gasteiger partial charge in [0, 0.05) is 24.4 Å². The highest BCUT2D eigenvalue weighted by Gasteiger charge is 2.19. The standard InChI is InChI=1S/C23H22N4O3S/c1-4-31(29,30)26(3)19-7-5-6-18(14-19)20-12-13-24-23-21(25-15-27(20)23)22(28)17-10-8-16(2)9-11-17/h5-15H,4H2,1-3H3. The molecule has 0 bridgehead atoms. The van der Waals surface area contributed by atoms with Gasteiger partial charge in [0.05, 0.1) is 17.1 Å². The van der Waals surface area contributed by atoms with E-state index in [-0.39, 0.29) is 17.2 Å². The highest BCUT2D eigenvalue weighted by atomic mass is 32.2. The van der Waals surface area contributed by atoms with Gasteiger partial charge in [0.15, 0.2) is 11.3 Å². The topological polar surface area (TPSA) is 84.6 Å². The fourth-order valence-corrected chi connectivity index (χ4v) is 4.17. The SMILES string of the molecule is CCS(=O)(=O)N(C)c1cccc(-c2ccnc3c(C(=O)c4ccc(C)cc4)ncn23)c1. The smallest absolute Gasteiger partial charge is 0.234 e. The number of anilines is 1. The average Bonchev–Trinajstić information content (AvgIpc) is 3.23. The molecule has 0 spiro atoms. The molecule has 0 radical (unpaired) electrons. The molecule has 0 aliphatic rings. The van der Waals surface area contributed by atoms with Gasteiger partial charge in [0.25, 0.3) is 0 Å². The largest absolute Gasteiger partial charge is 0.287 e. The monoisotopic (exact) mass is 434 g/mol. The summed E-state index contributed by atoms with van der Waals surface area (Å²) in [5.41, 5.74) is 4.43. The van der Waals surface area contributed by atoms with Crippen molar-refractivity contribution in [3.63, 3.8) is 0 Å². The molecular formula is C23H22N4O3S. The van der Waals surface area contributed by atoms with Crippen molar-refractivity contribution in [2.75, 3.05) is 17.1 Å². The number of sulfonamides is 1. The van der Waals surface area contributed by atoms with Crippen molar-refractivity contribution in [1.82, 2.24) is 14.4 Å². The lowest BCUT2D eigenvalue weighted by Crippen LogP contribution is -2.27. The second kappa shape index (κ2) is 7.96. The second-order valence-corrected chi connectivity index (χ2v) is 9.52. The summed E-state index contributed by atoms with van der Waals surface area (Å²) in [6, 6.07) is 16.4. The van der Waals surface area contributed by atoms with Crippen LogP contribution in [0.3, 0.4) is 0 Å². The lowest BCUT2D eigenvalue weighted by molar-refractivity contribution is 0.103. The van der Waals surface area contributed by atoms with E-state index in [9.17, 15) is 13.2 Å². The van der Waals surface area contributed by atoms with Gasteiger partial charge in [0.1, 0.15) is 6.33 Å². The Balaban J connectivity index is 1.78. The zero-order valence-electron chi connectivity index (χ0n) is 17.5. The van der Waals surface area contributed by atoms with Crippen LogP contribution in [0.4, 0.5) is 5.69 Å². The van der Waals surface area contributed by atoms with E-state index in [4.69, 9.17) is 0 Å². The van der Waals surface area contributed by atoms with Crippen molar-refractivity contribution in [2.45, 2.75) is 13.8 Å². The lowest BCUT2D eigenvalue weighted by Gasteiger charge is -2.19. The van der Waals surface area contributed by atoms with Gasteiger partial charge in [0.2, 0.25) is 15.8 Å². The van der Waals surface area contributed by atoms with Crippen LogP contribution in [0.1, 0.15) is 28.5 Å². The first kappa shape index (κ1) is 20.7. The van der Waals surface area contributed by atoms with Crippen molar-refractivity contribution in [1.29, 1.82) is 0 Å². The third kappa shape index (κ3) is 3.82. The van der Waals surface area contributed by atoms with E-state index in [0.717, 1.165) is 16.8 Å². The van der Waals surface area contributed by atoms with E-state index >= 15 is 0 Å². The van der Waals surface area contributed by atoms with E-state index in [0.29, 0.717) is 16.9 Å². The number of carbonyl (C=O) groups excluding carboxylic acids is 1. The molecule has 4 rings (SSSR count). The van der Waals surface area contributed by atoms with Crippen molar-refractivity contribution in [3.05, 3.63) is 83.9 Å². The molecule has 0 saturated heterocycles. The third-order valence-corrected chi connectivity index (χ3v) is 7.02. The van der Waals surface area contributed by atoms with Crippen LogP contribution in [0.15, 0.2) is 67.1 Å². The molecule has 0 aliphatic heterocycles. The predicted molar refractivity (Wildman–Crippen MR) is 121 cm³/mol. The van der Waals surface area contributed by atoms with Gasteiger partial charge < -0.3 is 0 Å². The van der Waals surface area contributed by atoms with Crippen LogP contribution in [0, 0.1) is 6.92 Å². The molecule has 158 valence electrons. The van der Waals surface area contributed by atoms with Gasteiger partial charge in [-0.15, -0.1) is 0 Å². The Kier molecular flexibility index (Phi) is 5.32. The van der Waals surface area contributed by atoms with Crippen LogP contribution < -0.4 is 4.31 Å². The molecule has 0 aliphatic carbocycles. The third-order valence-electron chi connectivity index (χ3n) is 5.25. The van der Waals surface area contributed by atoms with Crippen molar-refractivity contribution >= 4 is 27.1 Å². The number of aryl methyl sites for hydroxylation is 1. The summed E-state index contributed by atoms with van der Waals surface area (Å²) in [5, 5.41) is 0. The van der Waals surface area contributed by atoms with Crippen LogP contribution in [0.2, 0.25) is 0 Å². The molecule has 0 atom stereocenters. The fraction of sp³-hybridized carbons (Fsp3) is 0.174. The van der Waals surface area contributed by atoms with Gasteiger partial charge in [-0.25, -0.2) is 18.4 Å². The fourth-order valence-electron chi connectivity index (χ4n) is 3.35. The van der Waals surface area contributed by atoms with Crippen molar-refractivity contribution < 1.29 is 13.2 Å². The van der Waals surface area contributed by atoms with E-state index in [1.807, 2.05) is 31.2 Å². The Morgan fingerprint density at radius 2 is 1.81 bits per heavy atom. The van der Waals surface area contributed by atoms with Crippen molar-refractivity contribution in [2.24, 2.45) is 0 Å². The van der Waals surface area contributed by atoms with E-state index < -0.39 is 10.0 Å². The molecule has 8 heteroatoms. The Labute approximate surface area is 181 Å².